The van der Waals surface area contributed by atoms with Crippen molar-refractivity contribution in [2.45, 2.75) is 32.1 Å². The smallest absolute Gasteiger partial charge is 0.253 e. The molecule has 1 fully saturated rings. The summed E-state index contributed by atoms with van der Waals surface area (Å²) in [5, 5.41) is 2.95. The molecule has 2 aliphatic rings. The molecule has 0 aliphatic carbocycles. The Balaban J connectivity index is 1.34. The highest BCUT2D eigenvalue weighted by Crippen LogP contribution is 2.27. The van der Waals surface area contributed by atoms with Crippen molar-refractivity contribution in [2.24, 2.45) is 0 Å². The molecule has 0 saturated carbocycles. The Morgan fingerprint density at radius 1 is 0.857 bits per heavy atom. The standard InChI is InChI=1S/C23H27N3O2/c27-22(17-26-16-13-18-7-3-4-8-21(18)26)24-20-11-9-19(10-12-20)23(28)25-14-5-1-2-6-15-25/h3-4,7-12H,1-2,5-6,13-17H2,(H,24,27). The molecule has 5 heteroatoms. The van der Waals surface area contributed by atoms with Crippen LogP contribution in [0.4, 0.5) is 11.4 Å². The number of carbonyl (C=O) groups is 2. The summed E-state index contributed by atoms with van der Waals surface area (Å²) in [6.07, 6.45) is 5.56. The van der Waals surface area contributed by atoms with E-state index in [4.69, 9.17) is 0 Å². The number of rotatable bonds is 4. The molecule has 0 bridgehead atoms. The summed E-state index contributed by atoms with van der Waals surface area (Å²) in [5.41, 5.74) is 3.86. The summed E-state index contributed by atoms with van der Waals surface area (Å²) in [4.78, 5) is 29.2. The number of carbonyl (C=O) groups excluding carboxylic acids is 2. The monoisotopic (exact) mass is 377 g/mol. The summed E-state index contributed by atoms with van der Waals surface area (Å²) >= 11 is 0. The molecule has 5 nitrogen and oxygen atoms in total. The molecule has 4 rings (SSSR count). The molecule has 0 radical (unpaired) electrons. The largest absolute Gasteiger partial charge is 0.362 e. The van der Waals surface area contributed by atoms with Gasteiger partial charge in [0.2, 0.25) is 5.91 Å². The third-order valence-corrected chi connectivity index (χ3v) is 5.63. The highest BCUT2D eigenvalue weighted by Gasteiger charge is 2.21. The summed E-state index contributed by atoms with van der Waals surface area (Å²) in [6.45, 7) is 2.89. The van der Waals surface area contributed by atoms with Gasteiger partial charge in [-0.1, -0.05) is 31.0 Å². The molecule has 1 saturated heterocycles. The molecule has 0 unspecified atom stereocenters. The second kappa shape index (κ2) is 8.46. The van der Waals surface area contributed by atoms with Crippen LogP contribution in [0.15, 0.2) is 48.5 Å². The van der Waals surface area contributed by atoms with Gasteiger partial charge in [-0.15, -0.1) is 0 Å². The van der Waals surface area contributed by atoms with Gasteiger partial charge in [-0.25, -0.2) is 0 Å². The van der Waals surface area contributed by atoms with Gasteiger partial charge in [0.05, 0.1) is 6.54 Å². The van der Waals surface area contributed by atoms with Gasteiger partial charge >= 0.3 is 0 Å². The zero-order chi connectivity index (χ0) is 19.3. The van der Waals surface area contributed by atoms with Gasteiger partial charge < -0.3 is 15.1 Å². The first kappa shape index (κ1) is 18.5. The van der Waals surface area contributed by atoms with E-state index in [9.17, 15) is 9.59 Å². The lowest BCUT2D eigenvalue weighted by Crippen LogP contribution is -2.32. The number of likely N-dealkylation sites (tertiary alicyclic amines) is 1. The molecule has 1 N–H and O–H groups in total. The molecule has 0 aromatic heterocycles. The van der Waals surface area contributed by atoms with Crippen molar-refractivity contribution in [3.05, 3.63) is 59.7 Å². The van der Waals surface area contributed by atoms with E-state index in [-0.39, 0.29) is 11.8 Å². The number of fused-ring (bicyclic) bond motifs is 1. The molecule has 28 heavy (non-hydrogen) atoms. The number of nitrogens with one attached hydrogen (secondary N) is 1. The van der Waals surface area contributed by atoms with Crippen LogP contribution in [-0.2, 0) is 11.2 Å². The predicted octanol–water partition coefficient (Wildman–Crippen LogP) is 3.70. The lowest BCUT2D eigenvalue weighted by molar-refractivity contribution is -0.115. The number of hydrogen-bond acceptors (Lipinski definition) is 3. The average molecular weight is 377 g/mol. The molecule has 0 spiro atoms. The fourth-order valence-electron chi connectivity index (χ4n) is 4.10. The SMILES string of the molecule is O=C(CN1CCc2ccccc21)Nc1ccc(C(=O)N2CCCCCC2)cc1. The summed E-state index contributed by atoms with van der Waals surface area (Å²) in [6, 6.07) is 15.5. The molecule has 2 aromatic rings. The first-order valence-corrected chi connectivity index (χ1v) is 10.2. The van der Waals surface area contributed by atoms with E-state index in [0.717, 1.165) is 50.3 Å². The molecular formula is C23H27N3O2. The van der Waals surface area contributed by atoms with Gasteiger partial charge in [-0.3, -0.25) is 9.59 Å². The fraction of sp³-hybridized carbons (Fsp3) is 0.391. The van der Waals surface area contributed by atoms with Crippen LogP contribution >= 0.6 is 0 Å². The van der Waals surface area contributed by atoms with Gasteiger partial charge in [0.15, 0.2) is 0 Å². The van der Waals surface area contributed by atoms with E-state index in [0.29, 0.717) is 12.1 Å². The third-order valence-electron chi connectivity index (χ3n) is 5.63. The fourth-order valence-corrected chi connectivity index (χ4v) is 4.10. The maximum atomic E-state index is 12.7. The van der Waals surface area contributed by atoms with Crippen LogP contribution in [0.25, 0.3) is 0 Å². The molecular weight excluding hydrogens is 350 g/mol. The average Bonchev–Trinajstić information content (AvgIpc) is 2.93. The van der Waals surface area contributed by atoms with E-state index >= 15 is 0 Å². The third kappa shape index (κ3) is 4.19. The number of anilines is 2. The quantitative estimate of drug-likeness (QED) is 0.884. The van der Waals surface area contributed by atoms with Gasteiger partial charge in [-0.05, 0) is 55.2 Å². The molecule has 146 valence electrons. The Labute approximate surface area is 166 Å². The first-order valence-electron chi connectivity index (χ1n) is 10.2. The Morgan fingerprint density at radius 3 is 2.32 bits per heavy atom. The number of hydrogen-bond donors (Lipinski definition) is 1. The van der Waals surface area contributed by atoms with Crippen LogP contribution in [0.5, 0.6) is 0 Å². The van der Waals surface area contributed by atoms with Crippen molar-refractivity contribution in [2.75, 3.05) is 36.4 Å². The van der Waals surface area contributed by atoms with E-state index in [1.807, 2.05) is 41.3 Å². The predicted molar refractivity (Wildman–Crippen MR) is 112 cm³/mol. The van der Waals surface area contributed by atoms with Crippen LogP contribution in [-0.4, -0.2) is 42.9 Å². The summed E-state index contributed by atoms with van der Waals surface area (Å²) < 4.78 is 0. The highest BCUT2D eigenvalue weighted by molar-refractivity contribution is 5.97. The topological polar surface area (TPSA) is 52.7 Å². The zero-order valence-corrected chi connectivity index (χ0v) is 16.2. The normalized spacial score (nSPS) is 16.4. The van der Waals surface area contributed by atoms with Crippen molar-refractivity contribution >= 4 is 23.2 Å². The number of para-hydroxylation sites is 1. The first-order chi connectivity index (χ1) is 13.7. The van der Waals surface area contributed by atoms with Crippen LogP contribution in [0.3, 0.4) is 0 Å². The van der Waals surface area contributed by atoms with E-state index in [1.54, 1.807) is 0 Å². The van der Waals surface area contributed by atoms with Gasteiger partial charge in [-0.2, -0.15) is 0 Å². The summed E-state index contributed by atoms with van der Waals surface area (Å²) in [5.74, 6) is 0.0525. The van der Waals surface area contributed by atoms with Gasteiger partial charge in [0.1, 0.15) is 0 Å². The van der Waals surface area contributed by atoms with Crippen LogP contribution < -0.4 is 10.2 Å². The van der Waals surface area contributed by atoms with Crippen molar-refractivity contribution in [3.63, 3.8) is 0 Å². The van der Waals surface area contributed by atoms with Gasteiger partial charge in [0.25, 0.3) is 5.91 Å². The van der Waals surface area contributed by atoms with Crippen LogP contribution in [0.2, 0.25) is 0 Å². The zero-order valence-electron chi connectivity index (χ0n) is 16.2. The number of amides is 2. The molecule has 2 aliphatic heterocycles. The Hall–Kier alpha value is -2.82. The number of benzene rings is 2. The maximum absolute atomic E-state index is 12.7. The second-order valence-corrected chi connectivity index (χ2v) is 7.63. The van der Waals surface area contributed by atoms with E-state index in [2.05, 4.69) is 22.3 Å². The van der Waals surface area contributed by atoms with Crippen molar-refractivity contribution in [3.8, 4) is 0 Å². The molecule has 2 amide bonds. The minimum atomic E-state index is -0.0386. The van der Waals surface area contributed by atoms with Gasteiger partial charge in [0, 0.05) is 36.6 Å². The molecule has 2 heterocycles. The summed E-state index contributed by atoms with van der Waals surface area (Å²) in [7, 11) is 0. The highest BCUT2D eigenvalue weighted by atomic mass is 16.2. The Bertz CT molecular complexity index is 839. The van der Waals surface area contributed by atoms with Crippen LogP contribution in [0.1, 0.15) is 41.6 Å². The van der Waals surface area contributed by atoms with Crippen molar-refractivity contribution in [1.82, 2.24) is 4.90 Å². The lowest BCUT2D eigenvalue weighted by Gasteiger charge is -2.20. The lowest BCUT2D eigenvalue weighted by atomic mass is 10.1. The maximum Gasteiger partial charge on any atom is 0.253 e. The van der Waals surface area contributed by atoms with E-state index < -0.39 is 0 Å². The molecule has 0 atom stereocenters. The second-order valence-electron chi connectivity index (χ2n) is 7.63. The van der Waals surface area contributed by atoms with Crippen molar-refractivity contribution < 1.29 is 9.59 Å². The van der Waals surface area contributed by atoms with E-state index in [1.165, 1.54) is 18.4 Å². The molecule has 2 aromatic carbocycles. The minimum absolute atomic E-state index is 0.0386. The Morgan fingerprint density at radius 2 is 1.57 bits per heavy atom. The Kier molecular flexibility index (Phi) is 5.60. The number of nitrogens with zero attached hydrogens (tertiary/aromatic N) is 2. The van der Waals surface area contributed by atoms with Crippen LogP contribution in [0, 0.1) is 0 Å². The minimum Gasteiger partial charge on any atom is -0.362 e. The van der Waals surface area contributed by atoms with Crippen molar-refractivity contribution in [1.29, 1.82) is 0 Å².